The van der Waals surface area contributed by atoms with Crippen molar-refractivity contribution in [1.82, 2.24) is 0 Å². The summed E-state index contributed by atoms with van der Waals surface area (Å²) in [6.45, 7) is -0.405. The van der Waals surface area contributed by atoms with E-state index in [1.807, 2.05) is 0 Å². The van der Waals surface area contributed by atoms with Gasteiger partial charge in [0, 0.05) is 0 Å². The molecule has 0 spiro atoms. The van der Waals surface area contributed by atoms with Crippen LogP contribution >= 0.6 is 12.2 Å². The zero-order chi connectivity index (χ0) is 13.6. The normalized spacial score (nSPS) is 37.0. The van der Waals surface area contributed by atoms with Crippen LogP contribution in [-0.2, 0) is 4.74 Å². The molecule has 19 heavy (non-hydrogen) atoms. The first-order valence-electron chi connectivity index (χ1n) is 5.57. The second-order valence-electron chi connectivity index (χ2n) is 4.22. The van der Waals surface area contributed by atoms with Gasteiger partial charge in [0.25, 0.3) is 0 Å². The Bertz CT molecular complexity index is 556. The number of hydrogen-bond donors (Lipinski definition) is 3. The van der Waals surface area contributed by atoms with Crippen LogP contribution in [0, 0.1) is 0 Å². The van der Waals surface area contributed by atoms with Crippen LogP contribution in [0.25, 0.3) is 0 Å². The summed E-state index contributed by atoms with van der Waals surface area (Å²) in [5.41, 5.74) is 0.704. The van der Waals surface area contributed by atoms with Crippen LogP contribution in [0.2, 0.25) is 0 Å². The number of azo groups is 1. The van der Waals surface area contributed by atoms with Crippen LogP contribution in [0.15, 0.2) is 31.5 Å². The number of aliphatic hydroxyl groups excluding tert-OH is 3. The maximum atomic E-state index is 9.95. The van der Waals surface area contributed by atoms with E-state index >= 15 is 0 Å². The lowest BCUT2D eigenvalue weighted by atomic mass is 10.0. The topological polar surface area (TPSA) is 119 Å². The second kappa shape index (κ2) is 4.62. The molecule has 1 saturated heterocycles. The fraction of sp³-hybridized carbons (Fsp3) is 0.500. The summed E-state index contributed by atoms with van der Waals surface area (Å²) in [7, 11) is 0. The monoisotopic (exact) mass is 282 g/mol. The Morgan fingerprint density at radius 1 is 1.26 bits per heavy atom. The van der Waals surface area contributed by atoms with Crippen molar-refractivity contribution in [2.75, 3.05) is 6.61 Å². The van der Waals surface area contributed by atoms with Gasteiger partial charge in [0.05, 0.1) is 12.2 Å². The van der Waals surface area contributed by atoms with Crippen molar-refractivity contribution in [3.63, 3.8) is 0 Å². The lowest BCUT2D eigenvalue weighted by Crippen LogP contribution is -2.34. The van der Waals surface area contributed by atoms with Crippen molar-refractivity contribution in [1.29, 1.82) is 0 Å². The number of rotatable bonds is 2. The first-order chi connectivity index (χ1) is 9.13. The first kappa shape index (κ1) is 12.6. The van der Waals surface area contributed by atoms with Gasteiger partial charge in [0.1, 0.15) is 41.4 Å². The third-order valence-corrected chi connectivity index (χ3v) is 3.42. The lowest BCUT2D eigenvalue weighted by molar-refractivity contribution is -0.0141. The van der Waals surface area contributed by atoms with Crippen LogP contribution in [0.1, 0.15) is 0 Å². The zero-order valence-corrected chi connectivity index (χ0v) is 10.4. The molecule has 3 N–H and O–H groups in total. The molecule has 1 unspecified atom stereocenters. The van der Waals surface area contributed by atoms with Gasteiger partial charge in [-0.25, -0.2) is 9.98 Å². The Morgan fingerprint density at radius 3 is 2.74 bits per heavy atom. The summed E-state index contributed by atoms with van der Waals surface area (Å²) in [4.78, 5) is 8.04. The van der Waals surface area contributed by atoms with Crippen LogP contribution in [0.4, 0.5) is 0 Å². The number of fused-ring (bicyclic) bond motifs is 1. The molecule has 8 nitrogen and oxygen atoms in total. The maximum Gasteiger partial charge on any atom is 0.188 e. The van der Waals surface area contributed by atoms with Gasteiger partial charge in [-0.15, -0.1) is 10.2 Å². The van der Waals surface area contributed by atoms with Gasteiger partial charge in [-0.1, -0.05) is 12.2 Å². The quantitative estimate of drug-likeness (QED) is 0.559. The molecule has 0 bridgehead atoms. The third kappa shape index (κ3) is 1.86. The van der Waals surface area contributed by atoms with E-state index in [1.165, 1.54) is 6.34 Å². The molecule has 9 heteroatoms. The molecular weight excluding hydrogens is 272 g/mol. The van der Waals surface area contributed by atoms with Gasteiger partial charge >= 0.3 is 0 Å². The molecule has 100 valence electrons. The maximum absolute atomic E-state index is 9.95. The smallest absolute Gasteiger partial charge is 0.188 e. The molecule has 3 aliphatic heterocycles. The minimum atomic E-state index is -1.22. The Balaban J connectivity index is 1.97. The summed E-state index contributed by atoms with van der Waals surface area (Å²) < 4.78 is 5.39. The van der Waals surface area contributed by atoms with E-state index in [-0.39, 0.29) is 10.7 Å². The second-order valence-corrected chi connectivity index (χ2v) is 4.61. The van der Waals surface area contributed by atoms with E-state index in [4.69, 9.17) is 22.1 Å². The highest BCUT2D eigenvalue weighted by atomic mass is 32.1. The fourth-order valence-electron chi connectivity index (χ4n) is 2.14. The van der Waals surface area contributed by atoms with E-state index in [0.29, 0.717) is 11.4 Å². The Hall–Kier alpha value is -1.39. The molecule has 3 rings (SSSR count). The van der Waals surface area contributed by atoms with Crippen molar-refractivity contribution < 1.29 is 20.1 Å². The van der Waals surface area contributed by atoms with Crippen molar-refractivity contribution in [2.24, 2.45) is 20.2 Å². The summed E-state index contributed by atoms with van der Waals surface area (Å²) in [5, 5.41) is 36.5. The van der Waals surface area contributed by atoms with Crippen molar-refractivity contribution in [2.45, 2.75) is 24.4 Å². The van der Waals surface area contributed by atoms with Crippen molar-refractivity contribution in [3.8, 4) is 0 Å². The highest BCUT2D eigenvalue weighted by Gasteiger charge is 2.47. The number of aliphatic imine (C=N–C) groups is 2. The largest absolute Gasteiger partial charge is 0.394 e. The number of hydrogen-bond acceptors (Lipinski definition) is 8. The number of nitrogens with zero attached hydrogens (tertiary/aromatic N) is 4. The van der Waals surface area contributed by atoms with E-state index in [9.17, 15) is 10.2 Å². The highest BCUT2D eigenvalue weighted by molar-refractivity contribution is 7.81. The standard InChI is InChI=1S/C10H10N4O4S/c15-1-3-6(16)7(17)8(18-3)5-4-9(14-13-5)11-2-12-10(4)19/h2-3,6-8,15-17H,1H2/t3-,6-,7-,8?/m1/s1. The summed E-state index contributed by atoms with van der Waals surface area (Å²) in [5.74, 6) is 0.313. The zero-order valence-electron chi connectivity index (χ0n) is 9.54. The van der Waals surface area contributed by atoms with E-state index in [0.717, 1.165) is 0 Å². The average Bonchev–Trinajstić information content (AvgIpc) is 2.94. The van der Waals surface area contributed by atoms with Gasteiger partial charge in [0.15, 0.2) is 5.84 Å². The number of ether oxygens (including phenoxy) is 1. The van der Waals surface area contributed by atoms with Gasteiger partial charge < -0.3 is 20.1 Å². The van der Waals surface area contributed by atoms with Crippen LogP contribution in [-0.4, -0.2) is 63.5 Å². The van der Waals surface area contributed by atoms with Crippen LogP contribution in [0.5, 0.6) is 0 Å². The molecule has 0 aromatic carbocycles. The third-order valence-electron chi connectivity index (χ3n) is 3.11. The number of aliphatic hydroxyl groups is 3. The molecule has 4 atom stereocenters. The average molecular weight is 282 g/mol. The fourth-order valence-corrected chi connectivity index (χ4v) is 2.38. The summed E-state index contributed by atoms with van der Waals surface area (Å²) in [6.07, 6.45) is -2.91. The van der Waals surface area contributed by atoms with E-state index in [2.05, 4.69) is 20.2 Å². The van der Waals surface area contributed by atoms with Gasteiger partial charge in [-0.3, -0.25) is 0 Å². The molecule has 0 aromatic heterocycles. The number of amidine groups is 1. The molecular formula is C10H10N4O4S. The van der Waals surface area contributed by atoms with Gasteiger partial charge in [-0.05, 0) is 0 Å². The Morgan fingerprint density at radius 2 is 2.05 bits per heavy atom. The first-order valence-corrected chi connectivity index (χ1v) is 5.97. The molecule has 0 saturated carbocycles. The van der Waals surface area contributed by atoms with Gasteiger partial charge in [-0.2, -0.15) is 0 Å². The van der Waals surface area contributed by atoms with Crippen LogP contribution < -0.4 is 0 Å². The highest BCUT2D eigenvalue weighted by Crippen LogP contribution is 2.33. The minimum Gasteiger partial charge on any atom is -0.394 e. The van der Waals surface area contributed by atoms with Crippen LogP contribution in [0.3, 0.4) is 0 Å². The molecule has 3 aliphatic rings. The van der Waals surface area contributed by atoms with E-state index in [1.54, 1.807) is 0 Å². The van der Waals surface area contributed by atoms with Gasteiger partial charge in [0.2, 0.25) is 0 Å². The molecule has 0 radical (unpaired) electrons. The molecule has 1 fully saturated rings. The molecule has 3 heterocycles. The molecule has 0 amide bonds. The summed E-state index contributed by atoms with van der Waals surface area (Å²) in [6, 6.07) is 0. The van der Waals surface area contributed by atoms with Crippen molar-refractivity contribution >= 4 is 29.4 Å². The lowest BCUT2D eigenvalue weighted by Gasteiger charge is -2.15. The Labute approximate surface area is 112 Å². The van der Waals surface area contributed by atoms with E-state index < -0.39 is 31.0 Å². The predicted octanol–water partition coefficient (Wildman–Crippen LogP) is -1.04. The van der Waals surface area contributed by atoms with Crippen molar-refractivity contribution in [3.05, 3.63) is 11.3 Å². The minimum absolute atomic E-state index is 0.253. The molecule has 0 aliphatic carbocycles. The number of thiocarbonyl (C=S) groups is 1. The molecule has 0 aromatic rings. The summed E-state index contributed by atoms with van der Waals surface area (Å²) >= 11 is 5.08. The predicted molar refractivity (Wildman–Crippen MR) is 68.2 cm³/mol. The SMILES string of the molecule is OC[C@H]1OC(C2=C3C(=S)N=CN=C3N=N2)[C@H](O)[C@@H]1O. The Kier molecular flexibility index (Phi) is 3.07.